The Balaban J connectivity index is 1.85. The van der Waals surface area contributed by atoms with Gasteiger partial charge in [0.15, 0.2) is 0 Å². The zero-order chi connectivity index (χ0) is 15.1. The standard InChI is InChI=1S/C14H19N5O2/c1-10(20)7-18-11-2-4-16-13(6-11)14(21)17-5-3-12-8-15-9-19-12/h2,4,6,8-10,20H,3,5,7H2,1H3,(H,15,19)(H,16,18)(H,17,21)/t10-/m1/s1. The van der Waals surface area contributed by atoms with Gasteiger partial charge in [0.2, 0.25) is 0 Å². The van der Waals surface area contributed by atoms with Crippen LogP contribution in [0.3, 0.4) is 0 Å². The first-order chi connectivity index (χ1) is 10.1. The van der Waals surface area contributed by atoms with E-state index >= 15 is 0 Å². The highest BCUT2D eigenvalue weighted by Gasteiger charge is 2.08. The number of hydrogen-bond donors (Lipinski definition) is 4. The van der Waals surface area contributed by atoms with E-state index in [1.165, 1.54) is 0 Å². The highest BCUT2D eigenvalue weighted by Crippen LogP contribution is 2.08. The molecule has 0 aliphatic heterocycles. The summed E-state index contributed by atoms with van der Waals surface area (Å²) in [7, 11) is 0. The lowest BCUT2D eigenvalue weighted by Gasteiger charge is -2.09. The van der Waals surface area contributed by atoms with E-state index in [1.807, 2.05) is 0 Å². The number of aromatic amines is 1. The van der Waals surface area contributed by atoms with Crippen LogP contribution in [-0.2, 0) is 6.42 Å². The Bertz CT molecular complexity index is 569. The van der Waals surface area contributed by atoms with Crippen molar-refractivity contribution in [3.63, 3.8) is 0 Å². The van der Waals surface area contributed by atoms with Crippen LogP contribution in [0.5, 0.6) is 0 Å². The van der Waals surface area contributed by atoms with Gasteiger partial charge in [0.05, 0.1) is 12.4 Å². The van der Waals surface area contributed by atoms with E-state index in [0.29, 0.717) is 25.2 Å². The summed E-state index contributed by atoms with van der Waals surface area (Å²) in [6.07, 6.45) is 5.13. The largest absolute Gasteiger partial charge is 0.392 e. The van der Waals surface area contributed by atoms with Crippen LogP contribution in [0.2, 0.25) is 0 Å². The molecule has 2 heterocycles. The number of nitrogens with one attached hydrogen (secondary N) is 3. The molecule has 0 unspecified atom stereocenters. The van der Waals surface area contributed by atoms with Crippen LogP contribution in [0.1, 0.15) is 23.1 Å². The van der Waals surface area contributed by atoms with Gasteiger partial charge in [-0.05, 0) is 19.1 Å². The third kappa shape index (κ3) is 4.88. The number of carbonyl (C=O) groups excluding carboxylic acids is 1. The number of aliphatic hydroxyl groups is 1. The average Bonchev–Trinajstić information content (AvgIpc) is 2.98. The number of rotatable bonds is 7. The number of imidazole rings is 1. The van der Waals surface area contributed by atoms with Gasteiger partial charge in [-0.2, -0.15) is 0 Å². The maximum absolute atomic E-state index is 12.0. The summed E-state index contributed by atoms with van der Waals surface area (Å²) < 4.78 is 0. The van der Waals surface area contributed by atoms with Crippen LogP contribution in [0.4, 0.5) is 5.69 Å². The van der Waals surface area contributed by atoms with E-state index in [4.69, 9.17) is 0 Å². The first-order valence-corrected chi connectivity index (χ1v) is 6.78. The topological polar surface area (TPSA) is 103 Å². The van der Waals surface area contributed by atoms with Crippen LogP contribution >= 0.6 is 0 Å². The Morgan fingerprint density at radius 1 is 1.52 bits per heavy atom. The summed E-state index contributed by atoms with van der Waals surface area (Å²) in [5, 5.41) is 15.1. The van der Waals surface area contributed by atoms with E-state index < -0.39 is 6.10 Å². The third-order valence-corrected chi connectivity index (χ3v) is 2.83. The van der Waals surface area contributed by atoms with Crippen LogP contribution in [-0.4, -0.2) is 45.2 Å². The number of nitrogens with zero attached hydrogens (tertiary/aromatic N) is 2. The van der Waals surface area contributed by atoms with Gasteiger partial charge in [-0.15, -0.1) is 0 Å². The first kappa shape index (κ1) is 15.0. The highest BCUT2D eigenvalue weighted by atomic mass is 16.3. The second kappa shape index (κ2) is 7.39. The average molecular weight is 289 g/mol. The molecule has 2 rings (SSSR count). The zero-order valence-corrected chi connectivity index (χ0v) is 11.8. The molecule has 4 N–H and O–H groups in total. The molecule has 0 saturated heterocycles. The second-order valence-corrected chi connectivity index (χ2v) is 4.74. The predicted octanol–water partition coefficient (Wildman–Crippen LogP) is 0.570. The minimum absolute atomic E-state index is 0.227. The first-order valence-electron chi connectivity index (χ1n) is 6.78. The van der Waals surface area contributed by atoms with Crippen LogP contribution < -0.4 is 10.6 Å². The highest BCUT2D eigenvalue weighted by molar-refractivity contribution is 5.93. The summed E-state index contributed by atoms with van der Waals surface area (Å²) in [5.74, 6) is -0.227. The SMILES string of the molecule is C[C@@H](O)CNc1ccnc(C(=O)NCCc2cnc[nH]2)c1. The van der Waals surface area contributed by atoms with Crippen LogP contribution in [0, 0.1) is 0 Å². The fraction of sp³-hybridized carbons (Fsp3) is 0.357. The molecule has 0 aromatic carbocycles. The Hall–Kier alpha value is -2.41. The van der Waals surface area contributed by atoms with Crippen molar-refractivity contribution in [1.29, 1.82) is 0 Å². The number of aromatic nitrogens is 3. The fourth-order valence-electron chi connectivity index (χ4n) is 1.75. The molecule has 0 spiro atoms. The number of hydrogen-bond acceptors (Lipinski definition) is 5. The summed E-state index contributed by atoms with van der Waals surface area (Å²) >= 11 is 0. The molecule has 7 heteroatoms. The number of amides is 1. The van der Waals surface area contributed by atoms with Gasteiger partial charge in [-0.25, -0.2) is 4.98 Å². The normalized spacial score (nSPS) is 11.9. The summed E-state index contributed by atoms with van der Waals surface area (Å²) in [4.78, 5) is 22.9. The molecule has 0 radical (unpaired) electrons. The van der Waals surface area contributed by atoms with Crippen LogP contribution in [0.15, 0.2) is 30.9 Å². The fourth-order valence-corrected chi connectivity index (χ4v) is 1.75. The van der Waals surface area contributed by atoms with Crippen molar-refractivity contribution >= 4 is 11.6 Å². The zero-order valence-electron chi connectivity index (χ0n) is 11.8. The van der Waals surface area contributed by atoms with Crippen molar-refractivity contribution in [2.75, 3.05) is 18.4 Å². The molecular weight excluding hydrogens is 270 g/mol. The molecule has 21 heavy (non-hydrogen) atoms. The van der Waals surface area contributed by atoms with E-state index in [-0.39, 0.29) is 5.91 Å². The van der Waals surface area contributed by atoms with Gasteiger partial charge in [0, 0.05) is 43.3 Å². The van der Waals surface area contributed by atoms with Gasteiger partial charge in [0.1, 0.15) is 5.69 Å². The quantitative estimate of drug-likeness (QED) is 0.597. The number of carbonyl (C=O) groups is 1. The Labute approximate surface area is 122 Å². The Morgan fingerprint density at radius 3 is 3.10 bits per heavy atom. The van der Waals surface area contributed by atoms with E-state index in [1.54, 1.807) is 37.8 Å². The predicted molar refractivity (Wildman–Crippen MR) is 79.0 cm³/mol. The molecule has 1 amide bonds. The molecule has 2 aromatic heterocycles. The smallest absolute Gasteiger partial charge is 0.269 e. The van der Waals surface area contributed by atoms with Crippen molar-refractivity contribution in [3.8, 4) is 0 Å². The van der Waals surface area contributed by atoms with E-state index in [9.17, 15) is 9.90 Å². The van der Waals surface area contributed by atoms with Crippen LogP contribution in [0.25, 0.3) is 0 Å². The second-order valence-electron chi connectivity index (χ2n) is 4.74. The molecule has 0 aliphatic rings. The molecular formula is C14H19N5O2. The number of aliphatic hydroxyl groups excluding tert-OH is 1. The minimum atomic E-state index is -0.454. The number of anilines is 1. The van der Waals surface area contributed by atoms with E-state index in [0.717, 1.165) is 11.4 Å². The van der Waals surface area contributed by atoms with Crippen molar-refractivity contribution in [2.45, 2.75) is 19.4 Å². The monoisotopic (exact) mass is 289 g/mol. The lowest BCUT2D eigenvalue weighted by molar-refractivity contribution is 0.0949. The molecule has 0 bridgehead atoms. The molecule has 0 fully saturated rings. The molecule has 112 valence electrons. The van der Waals surface area contributed by atoms with Gasteiger partial charge in [-0.1, -0.05) is 0 Å². The lowest BCUT2D eigenvalue weighted by atomic mass is 10.2. The number of H-pyrrole nitrogens is 1. The van der Waals surface area contributed by atoms with Crippen molar-refractivity contribution in [3.05, 3.63) is 42.2 Å². The summed E-state index contributed by atoms with van der Waals surface area (Å²) in [5.41, 5.74) is 2.07. The van der Waals surface area contributed by atoms with Gasteiger partial charge in [-0.3, -0.25) is 9.78 Å². The van der Waals surface area contributed by atoms with Crippen molar-refractivity contribution in [2.24, 2.45) is 0 Å². The minimum Gasteiger partial charge on any atom is -0.392 e. The summed E-state index contributed by atoms with van der Waals surface area (Å²) in [6.45, 7) is 2.62. The molecule has 0 aliphatic carbocycles. The Morgan fingerprint density at radius 2 is 2.38 bits per heavy atom. The summed E-state index contributed by atoms with van der Waals surface area (Å²) in [6, 6.07) is 3.41. The van der Waals surface area contributed by atoms with Crippen molar-refractivity contribution < 1.29 is 9.90 Å². The molecule has 1 atom stereocenters. The maximum atomic E-state index is 12.0. The van der Waals surface area contributed by atoms with Gasteiger partial charge in [0.25, 0.3) is 5.91 Å². The molecule has 7 nitrogen and oxygen atoms in total. The number of pyridine rings is 1. The van der Waals surface area contributed by atoms with Gasteiger partial charge < -0.3 is 20.7 Å². The van der Waals surface area contributed by atoms with E-state index in [2.05, 4.69) is 25.6 Å². The van der Waals surface area contributed by atoms with Gasteiger partial charge >= 0.3 is 0 Å². The Kier molecular flexibility index (Phi) is 5.28. The van der Waals surface area contributed by atoms with Crippen molar-refractivity contribution in [1.82, 2.24) is 20.3 Å². The molecule has 0 saturated carbocycles. The maximum Gasteiger partial charge on any atom is 0.269 e. The third-order valence-electron chi connectivity index (χ3n) is 2.83. The molecule has 2 aromatic rings. The lowest BCUT2D eigenvalue weighted by Crippen LogP contribution is -2.26.